The van der Waals surface area contributed by atoms with Gasteiger partial charge in [0.15, 0.2) is 0 Å². The molecule has 0 aliphatic rings. The van der Waals surface area contributed by atoms with Crippen LogP contribution in [0.25, 0.3) is 0 Å². The van der Waals surface area contributed by atoms with E-state index < -0.39 is 5.97 Å². The van der Waals surface area contributed by atoms with Crippen LogP contribution >= 0.6 is 0 Å². The van der Waals surface area contributed by atoms with Crippen LogP contribution in [0.15, 0.2) is 0 Å². The third kappa shape index (κ3) is 3.62. The summed E-state index contributed by atoms with van der Waals surface area (Å²) in [5.41, 5.74) is 0. The molecule has 0 bridgehead atoms. The Morgan fingerprint density at radius 2 is 2.31 bits per heavy atom. The number of H-pyrrole nitrogens is 1. The third-order valence-electron chi connectivity index (χ3n) is 1.98. The van der Waals surface area contributed by atoms with E-state index in [1.165, 1.54) is 0 Å². The van der Waals surface area contributed by atoms with Crippen molar-refractivity contribution >= 4 is 5.97 Å². The highest BCUT2D eigenvalue weighted by Crippen LogP contribution is 2.04. The van der Waals surface area contributed by atoms with Crippen LogP contribution in [0.5, 0.6) is 0 Å². The summed E-state index contributed by atoms with van der Waals surface area (Å²) >= 11 is 0. The number of carbonyl (C=O) groups excluding carboxylic acids is 1. The Balaban J connectivity index is 2.54. The summed E-state index contributed by atoms with van der Waals surface area (Å²) in [6, 6.07) is 0. The maximum atomic E-state index is 11.3. The molecule has 0 aliphatic carbocycles. The first-order valence-corrected chi connectivity index (χ1v) is 5.24. The molecule has 0 saturated carbocycles. The molecule has 1 heterocycles. The maximum absolute atomic E-state index is 11.3. The van der Waals surface area contributed by atoms with Gasteiger partial charge in [0.1, 0.15) is 5.82 Å². The monoisotopic (exact) mass is 227 g/mol. The predicted molar refractivity (Wildman–Crippen MR) is 57.1 cm³/mol. The van der Waals surface area contributed by atoms with Crippen LogP contribution in [0.3, 0.4) is 0 Å². The summed E-state index contributed by atoms with van der Waals surface area (Å²) < 4.78 is 9.80. The molecule has 1 aromatic heterocycles. The van der Waals surface area contributed by atoms with Crippen LogP contribution in [0.2, 0.25) is 0 Å². The molecule has 0 amide bonds. The van der Waals surface area contributed by atoms with Crippen molar-refractivity contribution in [3.63, 3.8) is 0 Å². The lowest BCUT2D eigenvalue weighted by atomic mass is 10.1. The van der Waals surface area contributed by atoms with Gasteiger partial charge in [-0.2, -0.15) is 0 Å². The Kier molecular flexibility index (Phi) is 4.91. The number of carbonyl (C=O) groups is 1. The highest BCUT2D eigenvalue weighted by atomic mass is 16.5. The van der Waals surface area contributed by atoms with Crippen LogP contribution in [0, 0.1) is 5.92 Å². The first kappa shape index (κ1) is 12.6. The van der Waals surface area contributed by atoms with Crippen molar-refractivity contribution in [3.05, 3.63) is 11.6 Å². The highest BCUT2D eigenvalue weighted by Gasteiger charge is 2.14. The molecule has 0 saturated heterocycles. The molecule has 0 aromatic carbocycles. The summed E-state index contributed by atoms with van der Waals surface area (Å²) in [5.74, 6) is 0.589. The van der Waals surface area contributed by atoms with E-state index in [2.05, 4.69) is 15.2 Å². The smallest absolute Gasteiger partial charge is 0.378 e. The lowest BCUT2D eigenvalue weighted by molar-refractivity contribution is 0.0512. The van der Waals surface area contributed by atoms with Gasteiger partial charge in [-0.15, -0.1) is 5.10 Å². The molecule has 1 N–H and O–H groups in total. The van der Waals surface area contributed by atoms with Gasteiger partial charge in [0, 0.05) is 20.1 Å². The molecule has 90 valence electrons. The van der Waals surface area contributed by atoms with Crippen molar-refractivity contribution in [2.24, 2.45) is 5.92 Å². The fourth-order valence-corrected chi connectivity index (χ4v) is 1.35. The van der Waals surface area contributed by atoms with E-state index in [-0.39, 0.29) is 5.82 Å². The molecule has 0 radical (unpaired) electrons. The molecule has 6 heteroatoms. The topological polar surface area (TPSA) is 77.1 Å². The van der Waals surface area contributed by atoms with Gasteiger partial charge < -0.3 is 9.47 Å². The van der Waals surface area contributed by atoms with E-state index in [1.807, 2.05) is 6.92 Å². The minimum Gasteiger partial charge on any atom is -0.460 e. The van der Waals surface area contributed by atoms with E-state index in [4.69, 9.17) is 9.47 Å². The van der Waals surface area contributed by atoms with Gasteiger partial charge in [0.2, 0.25) is 0 Å². The van der Waals surface area contributed by atoms with Crippen LogP contribution in [0.1, 0.15) is 30.3 Å². The fraction of sp³-hybridized carbons (Fsp3) is 0.700. The second kappa shape index (κ2) is 6.22. The number of hydrogen-bond acceptors (Lipinski definition) is 5. The van der Waals surface area contributed by atoms with E-state index in [1.54, 1.807) is 14.0 Å². The van der Waals surface area contributed by atoms with Crippen LogP contribution in [-0.4, -0.2) is 41.5 Å². The van der Waals surface area contributed by atoms with Crippen LogP contribution in [0.4, 0.5) is 0 Å². The average molecular weight is 227 g/mol. The largest absolute Gasteiger partial charge is 0.460 e. The van der Waals surface area contributed by atoms with Crippen molar-refractivity contribution in [2.45, 2.75) is 20.3 Å². The minimum absolute atomic E-state index is 0.0847. The normalized spacial score (nSPS) is 12.4. The zero-order valence-corrected chi connectivity index (χ0v) is 9.82. The van der Waals surface area contributed by atoms with Crippen molar-refractivity contribution in [1.29, 1.82) is 0 Å². The Bertz CT molecular complexity index is 338. The van der Waals surface area contributed by atoms with Crippen molar-refractivity contribution in [3.8, 4) is 0 Å². The predicted octanol–water partition coefficient (Wildman–Crippen LogP) is 0.806. The van der Waals surface area contributed by atoms with Gasteiger partial charge in [-0.05, 0) is 12.8 Å². The van der Waals surface area contributed by atoms with Gasteiger partial charge in [-0.3, -0.25) is 5.10 Å². The standard InChI is InChI=1S/C10H17N3O3/c1-4-16-10(14)9-11-8(12-13-9)5-7(2)6-15-3/h7H,4-6H2,1-3H3,(H,11,12,13). The summed E-state index contributed by atoms with van der Waals surface area (Å²) in [6.07, 6.45) is 0.695. The number of esters is 1. The van der Waals surface area contributed by atoms with Crippen molar-refractivity contribution < 1.29 is 14.3 Å². The Labute approximate surface area is 94.4 Å². The fourth-order valence-electron chi connectivity index (χ4n) is 1.35. The second-order valence-corrected chi connectivity index (χ2v) is 3.59. The number of aromatic nitrogens is 3. The first-order chi connectivity index (χ1) is 7.67. The quantitative estimate of drug-likeness (QED) is 0.727. The average Bonchev–Trinajstić information content (AvgIpc) is 2.67. The number of nitrogens with one attached hydrogen (secondary N) is 1. The molecule has 6 nitrogen and oxygen atoms in total. The molecule has 1 aromatic rings. The number of ether oxygens (including phenoxy) is 2. The van der Waals surface area contributed by atoms with E-state index in [0.29, 0.717) is 31.4 Å². The molecule has 0 spiro atoms. The maximum Gasteiger partial charge on any atom is 0.378 e. The number of rotatable bonds is 6. The van der Waals surface area contributed by atoms with Crippen LogP contribution in [-0.2, 0) is 15.9 Å². The van der Waals surface area contributed by atoms with E-state index >= 15 is 0 Å². The number of hydrogen-bond donors (Lipinski definition) is 1. The Hall–Kier alpha value is -1.43. The number of methoxy groups -OCH3 is 1. The molecule has 1 atom stereocenters. The molecular formula is C10H17N3O3. The third-order valence-corrected chi connectivity index (χ3v) is 1.98. The molecule has 0 aliphatic heterocycles. The van der Waals surface area contributed by atoms with Gasteiger partial charge in [-0.1, -0.05) is 6.92 Å². The second-order valence-electron chi connectivity index (χ2n) is 3.59. The summed E-state index contributed by atoms with van der Waals surface area (Å²) in [4.78, 5) is 15.3. The SMILES string of the molecule is CCOC(=O)c1n[nH]c(CC(C)COC)n1. The van der Waals surface area contributed by atoms with Gasteiger partial charge >= 0.3 is 5.97 Å². The summed E-state index contributed by atoms with van der Waals surface area (Å²) in [7, 11) is 1.65. The van der Waals surface area contributed by atoms with E-state index in [9.17, 15) is 4.79 Å². The molecule has 0 fully saturated rings. The molecule has 16 heavy (non-hydrogen) atoms. The van der Waals surface area contributed by atoms with E-state index in [0.717, 1.165) is 0 Å². The number of nitrogens with zero attached hydrogens (tertiary/aromatic N) is 2. The lowest BCUT2D eigenvalue weighted by Gasteiger charge is -2.06. The summed E-state index contributed by atoms with van der Waals surface area (Å²) in [6.45, 7) is 4.75. The van der Waals surface area contributed by atoms with Crippen LogP contribution < -0.4 is 0 Å². The van der Waals surface area contributed by atoms with Crippen molar-refractivity contribution in [1.82, 2.24) is 15.2 Å². The Morgan fingerprint density at radius 3 is 2.94 bits per heavy atom. The zero-order chi connectivity index (χ0) is 12.0. The molecule has 1 unspecified atom stereocenters. The zero-order valence-electron chi connectivity index (χ0n) is 9.82. The Morgan fingerprint density at radius 1 is 1.56 bits per heavy atom. The van der Waals surface area contributed by atoms with Gasteiger partial charge in [-0.25, -0.2) is 9.78 Å². The van der Waals surface area contributed by atoms with Gasteiger partial charge in [0.25, 0.3) is 5.82 Å². The minimum atomic E-state index is -0.496. The molecular weight excluding hydrogens is 210 g/mol. The first-order valence-electron chi connectivity index (χ1n) is 5.24. The van der Waals surface area contributed by atoms with Crippen molar-refractivity contribution in [2.75, 3.05) is 20.3 Å². The van der Waals surface area contributed by atoms with Gasteiger partial charge in [0.05, 0.1) is 6.61 Å². The number of aromatic amines is 1. The summed E-state index contributed by atoms with van der Waals surface area (Å²) in [5, 5.41) is 6.51. The lowest BCUT2D eigenvalue weighted by Crippen LogP contribution is -2.09. The molecule has 1 rings (SSSR count). The highest BCUT2D eigenvalue weighted by molar-refractivity contribution is 5.84.